The third-order valence-electron chi connectivity index (χ3n) is 3.13. The maximum absolute atomic E-state index is 13.0. The van der Waals surface area contributed by atoms with Crippen molar-refractivity contribution in [2.75, 3.05) is 0 Å². The van der Waals surface area contributed by atoms with Gasteiger partial charge in [-0.05, 0) is 38.0 Å². The summed E-state index contributed by atoms with van der Waals surface area (Å²) in [6.07, 6.45) is 1.09. The molecule has 0 aromatic heterocycles. The van der Waals surface area contributed by atoms with Crippen LogP contribution in [0.1, 0.15) is 31.7 Å². The highest BCUT2D eigenvalue weighted by Gasteiger charge is 2.29. The monoisotopic (exact) mass is 227 g/mol. The molecule has 3 heteroatoms. The predicted molar refractivity (Wildman–Crippen MR) is 60.8 cm³/mol. The van der Waals surface area contributed by atoms with Crippen molar-refractivity contribution in [3.05, 3.63) is 34.6 Å². The molecule has 3 atom stereocenters. The number of hydrogen-bond acceptors (Lipinski definition) is 1. The molecule has 1 N–H and O–H groups in total. The van der Waals surface area contributed by atoms with Crippen LogP contribution in [0.2, 0.25) is 5.02 Å². The van der Waals surface area contributed by atoms with E-state index >= 15 is 0 Å². The summed E-state index contributed by atoms with van der Waals surface area (Å²) < 4.78 is 13.0. The first-order valence-corrected chi connectivity index (χ1v) is 5.66. The number of rotatable bonds is 1. The molecular weight excluding hydrogens is 213 g/mol. The van der Waals surface area contributed by atoms with Crippen LogP contribution in [0.4, 0.5) is 4.39 Å². The van der Waals surface area contributed by atoms with Crippen LogP contribution in [0.15, 0.2) is 18.2 Å². The third-order valence-corrected chi connectivity index (χ3v) is 3.42. The van der Waals surface area contributed by atoms with E-state index in [-0.39, 0.29) is 10.8 Å². The Morgan fingerprint density at radius 3 is 2.67 bits per heavy atom. The van der Waals surface area contributed by atoms with E-state index in [0.717, 1.165) is 12.0 Å². The maximum Gasteiger partial charge on any atom is 0.141 e. The lowest BCUT2D eigenvalue weighted by molar-refractivity contribution is 0.573. The van der Waals surface area contributed by atoms with Crippen molar-refractivity contribution in [2.45, 2.75) is 38.3 Å². The molecule has 1 nitrogen and oxygen atoms in total. The summed E-state index contributed by atoms with van der Waals surface area (Å²) in [4.78, 5) is 0. The highest BCUT2D eigenvalue weighted by atomic mass is 35.5. The first kappa shape index (κ1) is 10.9. The van der Waals surface area contributed by atoms with Gasteiger partial charge in [-0.25, -0.2) is 4.39 Å². The summed E-state index contributed by atoms with van der Waals surface area (Å²) in [5.41, 5.74) is 1.13. The van der Waals surface area contributed by atoms with Crippen molar-refractivity contribution in [3.63, 3.8) is 0 Å². The molecule has 1 aliphatic heterocycles. The molecule has 0 spiro atoms. The van der Waals surface area contributed by atoms with Crippen molar-refractivity contribution in [1.29, 1.82) is 0 Å². The molecule has 82 valence electrons. The molecule has 0 amide bonds. The quantitative estimate of drug-likeness (QED) is 0.776. The summed E-state index contributed by atoms with van der Waals surface area (Å²) in [6, 6.07) is 5.99. The number of nitrogens with one attached hydrogen (secondary N) is 1. The van der Waals surface area contributed by atoms with Gasteiger partial charge in [-0.1, -0.05) is 17.7 Å². The van der Waals surface area contributed by atoms with Crippen molar-refractivity contribution in [2.24, 2.45) is 0 Å². The van der Waals surface area contributed by atoms with E-state index in [2.05, 4.69) is 19.2 Å². The van der Waals surface area contributed by atoms with E-state index in [0.29, 0.717) is 18.0 Å². The molecule has 1 heterocycles. The maximum atomic E-state index is 13.0. The zero-order valence-electron chi connectivity index (χ0n) is 8.93. The normalized spacial score (nSPS) is 30.8. The molecule has 3 unspecified atom stereocenters. The first-order chi connectivity index (χ1) is 7.08. The zero-order valence-corrected chi connectivity index (χ0v) is 9.68. The van der Waals surface area contributed by atoms with Crippen molar-refractivity contribution in [1.82, 2.24) is 5.32 Å². The number of benzene rings is 1. The Labute approximate surface area is 94.6 Å². The van der Waals surface area contributed by atoms with Crippen LogP contribution in [-0.4, -0.2) is 12.1 Å². The van der Waals surface area contributed by atoms with Crippen LogP contribution >= 0.6 is 11.6 Å². The van der Waals surface area contributed by atoms with E-state index in [9.17, 15) is 4.39 Å². The van der Waals surface area contributed by atoms with Gasteiger partial charge in [0.1, 0.15) is 5.82 Å². The van der Waals surface area contributed by atoms with Gasteiger partial charge in [-0.15, -0.1) is 0 Å². The molecule has 15 heavy (non-hydrogen) atoms. The molecule has 1 fully saturated rings. The molecule has 2 rings (SSSR count). The van der Waals surface area contributed by atoms with Gasteiger partial charge in [0.2, 0.25) is 0 Å². The zero-order chi connectivity index (χ0) is 11.0. The summed E-state index contributed by atoms with van der Waals surface area (Å²) in [5.74, 6) is 0.102. The summed E-state index contributed by atoms with van der Waals surface area (Å²) in [6.45, 7) is 4.33. The molecule has 1 aromatic carbocycles. The van der Waals surface area contributed by atoms with E-state index in [1.807, 2.05) is 6.07 Å². The minimum absolute atomic E-state index is 0.222. The fourth-order valence-electron chi connectivity index (χ4n) is 2.39. The van der Waals surface area contributed by atoms with E-state index in [1.165, 1.54) is 6.07 Å². The molecular formula is C12H15ClFN. The van der Waals surface area contributed by atoms with Gasteiger partial charge in [-0.3, -0.25) is 0 Å². The lowest BCUT2D eigenvalue weighted by Crippen LogP contribution is -2.26. The van der Waals surface area contributed by atoms with Crippen LogP contribution in [0, 0.1) is 5.82 Å². The van der Waals surface area contributed by atoms with E-state index in [4.69, 9.17) is 11.6 Å². The second-order valence-corrected chi connectivity index (χ2v) is 4.78. The van der Waals surface area contributed by atoms with E-state index in [1.54, 1.807) is 6.07 Å². The Morgan fingerprint density at radius 1 is 1.40 bits per heavy atom. The molecule has 0 saturated carbocycles. The molecule has 0 radical (unpaired) electrons. The Hall–Kier alpha value is -0.600. The number of hydrogen-bond donors (Lipinski definition) is 1. The van der Waals surface area contributed by atoms with Gasteiger partial charge in [0, 0.05) is 18.0 Å². The van der Waals surface area contributed by atoms with Crippen LogP contribution in [-0.2, 0) is 0 Å². The first-order valence-electron chi connectivity index (χ1n) is 5.29. The lowest BCUT2D eigenvalue weighted by Gasteiger charge is -2.15. The average Bonchev–Trinajstić information content (AvgIpc) is 2.50. The summed E-state index contributed by atoms with van der Waals surface area (Å²) in [5, 5.41) is 3.68. The minimum Gasteiger partial charge on any atom is -0.311 e. The van der Waals surface area contributed by atoms with Gasteiger partial charge in [0.05, 0.1) is 5.02 Å². The lowest BCUT2D eigenvalue weighted by atomic mass is 9.92. The van der Waals surface area contributed by atoms with Crippen LogP contribution in [0.3, 0.4) is 0 Å². The second-order valence-electron chi connectivity index (χ2n) is 4.37. The Morgan fingerprint density at radius 2 is 2.13 bits per heavy atom. The molecule has 1 saturated heterocycles. The Balaban J connectivity index is 2.26. The highest BCUT2D eigenvalue weighted by Crippen LogP contribution is 2.32. The van der Waals surface area contributed by atoms with Crippen LogP contribution < -0.4 is 5.32 Å². The van der Waals surface area contributed by atoms with Gasteiger partial charge < -0.3 is 5.32 Å². The fraction of sp³-hybridized carbons (Fsp3) is 0.500. The van der Waals surface area contributed by atoms with Gasteiger partial charge in [0.25, 0.3) is 0 Å². The molecule has 0 aliphatic carbocycles. The van der Waals surface area contributed by atoms with Crippen molar-refractivity contribution in [3.8, 4) is 0 Å². The number of halogens is 2. The summed E-state index contributed by atoms with van der Waals surface area (Å²) >= 11 is 5.78. The highest BCUT2D eigenvalue weighted by molar-refractivity contribution is 6.30. The largest absolute Gasteiger partial charge is 0.311 e. The molecule has 1 aliphatic rings. The van der Waals surface area contributed by atoms with Crippen LogP contribution in [0.25, 0.3) is 0 Å². The van der Waals surface area contributed by atoms with Crippen molar-refractivity contribution >= 4 is 11.6 Å². The van der Waals surface area contributed by atoms with Gasteiger partial charge >= 0.3 is 0 Å². The predicted octanol–water partition coefficient (Wildman–Crippen LogP) is 3.33. The van der Waals surface area contributed by atoms with Gasteiger partial charge in [-0.2, -0.15) is 0 Å². The average molecular weight is 228 g/mol. The SMILES string of the molecule is CC1CC(c2ccc(F)c(Cl)c2)C(C)N1. The van der Waals surface area contributed by atoms with Crippen molar-refractivity contribution < 1.29 is 4.39 Å². The summed E-state index contributed by atoms with van der Waals surface area (Å²) in [7, 11) is 0. The minimum atomic E-state index is -0.341. The van der Waals surface area contributed by atoms with E-state index < -0.39 is 0 Å². The molecule has 0 bridgehead atoms. The van der Waals surface area contributed by atoms with Crippen LogP contribution in [0.5, 0.6) is 0 Å². The Bertz CT molecular complexity index is 367. The second kappa shape index (κ2) is 4.11. The Kier molecular flexibility index (Phi) is 2.98. The smallest absolute Gasteiger partial charge is 0.141 e. The molecule has 1 aromatic rings. The topological polar surface area (TPSA) is 12.0 Å². The fourth-order valence-corrected chi connectivity index (χ4v) is 2.57. The standard InChI is InChI=1S/C12H15ClFN/c1-7-5-10(8(2)15-7)9-3-4-12(14)11(13)6-9/h3-4,6-8,10,15H,5H2,1-2H3. The van der Waals surface area contributed by atoms with Gasteiger partial charge in [0.15, 0.2) is 0 Å². The third kappa shape index (κ3) is 2.16.